The third kappa shape index (κ3) is 4.90. The molecule has 0 aliphatic carbocycles. The van der Waals surface area contributed by atoms with Crippen LogP contribution >= 0.6 is 0 Å². The molecule has 1 amide bonds. The molecule has 1 fully saturated rings. The van der Waals surface area contributed by atoms with Crippen molar-refractivity contribution in [3.8, 4) is 0 Å². The van der Waals surface area contributed by atoms with Gasteiger partial charge < -0.3 is 0 Å². The van der Waals surface area contributed by atoms with E-state index in [2.05, 4.69) is 70.0 Å². The average molecular weight is 386 g/mol. The largest absolute Gasteiger partial charge is 0.299 e. The van der Waals surface area contributed by atoms with E-state index in [-0.39, 0.29) is 11.8 Å². The van der Waals surface area contributed by atoms with Crippen LogP contribution in [0.3, 0.4) is 0 Å². The summed E-state index contributed by atoms with van der Waals surface area (Å²) < 4.78 is 0. The van der Waals surface area contributed by atoms with Crippen LogP contribution in [0, 0.1) is 5.92 Å². The van der Waals surface area contributed by atoms with Crippen LogP contribution < -0.4 is 5.43 Å². The summed E-state index contributed by atoms with van der Waals surface area (Å²) in [6.45, 7) is 4.78. The molecular formula is C25H27N3O. The highest BCUT2D eigenvalue weighted by atomic mass is 16.2. The lowest BCUT2D eigenvalue weighted by Gasteiger charge is -2.30. The van der Waals surface area contributed by atoms with Crippen molar-refractivity contribution in [1.29, 1.82) is 0 Å². The van der Waals surface area contributed by atoms with E-state index in [9.17, 15) is 4.79 Å². The average Bonchev–Trinajstić information content (AvgIpc) is 2.78. The maximum Gasteiger partial charge on any atom is 0.243 e. The Morgan fingerprint density at radius 3 is 2.41 bits per heavy atom. The number of nitrogens with zero attached hydrogens (tertiary/aromatic N) is 2. The van der Waals surface area contributed by atoms with Crippen molar-refractivity contribution in [1.82, 2.24) is 10.3 Å². The molecule has 0 saturated carbocycles. The predicted octanol–water partition coefficient (Wildman–Crippen LogP) is 4.59. The van der Waals surface area contributed by atoms with E-state index >= 15 is 0 Å². The molecular weight excluding hydrogens is 358 g/mol. The van der Waals surface area contributed by atoms with Crippen LogP contribution in [0.4, 0.5) is 0 Å². The number of fused-ring (bicyclic) bond motifs is 1. The Morgan fingerprint density at radius 2 is 1.66 bits per heavy atom. The van der Waals surface area contributed by atoms with Gasteiger partial charge >= 0.3 is 0 Å². The van der Waals surface area contributed by atoms with Crippen molar-refractivity contribution in [3.05, 3.63) is 83.9 Å². The topological polar surface area (TPSA) is 44.7 Å². The summed E-state index contributed by atoms with van der Waals surface area (Å²) in [5, 5.41) is 6.75. The molecule has 1 aliphatic rings. The normalized spacial score (nSPS) is 16.1. The highest BCUT2D eigenvalue weighted by molar-refractivity contribution is 6.02. The Labute approximate surface area is 172 Å². The molecule has 4 nitrogen and oxygen atoms in total. The number of carbonyl (C=O) groups excluding carboxylic acids is 1. The Hall–Kier alpha value is -2.98. The number of rotatable bonds is 5. The molecule has 3 aromatic carbocycles. The molecule has 0 radical (unpaired) electrons. The molecule has 1 N–H and O–H groups in total. The van der Waals surface area contributed by atoms with Crippen molar-refractivity contribution in [3.63, 3.8) is 0 Å². The second kappa shape index (κ2) is 9.01. The van der Waals surface area contributed by atoms with Crippen LogP contribution in [0.1, 0.15) is 30.9 Å². The zero-order valence-corrected chi connectivity index (χ0v) is 16.8. The molecule has 4 heteroatoms. The van der Waals surface area contributed by atoms with E-state index in [1.54, 1.807) is 0 Å². The smallest absolute Gasteiger partial charge is 0.243 e. The first-order valence-corrected chi connectivity index (χ1v) is 10.3. The third-order valence-electron chi connectivity index (χ3n) is 5.71. The number of likely N-dealkylation sites (tertiary alicyclic amines) is 1. The number of hydrogen-bond donors (Lipinski definition) is 1. The van der Waals surface area contributed by atoms with Crippen molar-refractivity contribution in [2.45, 2.75) is 26.3 Å². The fourth-order valence-electron chi connectivity index (χ4n) is 3.90. The first-order chi connectivity index (χ1) is 14.2. The number of piperidine rings is 1. The highest BCUT2D eigenvalue weighted by Crippen LogP contribution is 2.20. The van der Waals surface area contributed by atoms with E-state index in [1.807, 2.05) is 25.1 Å². The zero-order valence-electron chi connectivity index (χ0n) is 16.8. The summed E-state index contributed by atoms with van der Waals surface area (Å²) in [5.74, 6) is 0.0691. The van der Waals surface area contributed by atoms with Gasteiger partial charge in [0.2, 0.25) is 5.91 Å². The van der Waals surface area contributed by atoms with Crippen LogP contribution in [0.2, 0.25) is 0 Å². The van der Waals surface area contributed by atoms with Crippen LogP contribution in [0.25, 0.3) is 10.8 Å². The van der Waals surface area contributed by atoms with Gasteiger partial charge in [0.15, 0.2) is 0 Å². The molecule has 3 aromatic rings. The molecule has 0 spiro atoms. The SMILES string of the molecule is CC(=NNC(=O)C1CCN(Cc2ccccc2)CC1)c1ccc2ccccc2c1. The number of hydrazone groups is 1. The van der Waals surface area contributed by atoms with E-state index in [0.29, 0.717) is 0 Å². The standard InChI is InChI=1S/C25H27N3O/c1-19(23-12-11-21-9-5-6-10-24(21)17-23)26-27-25(29)22-13-15-28(16-14-22)18-20-7-3-2-4-8-20/h2-12,17,22H,13-16,18H2,1H3,(H,27,29). The van der Waals surface area contributed by atoms with Crippen LogP contribution in [-0.2, 0) is 11.3 Å². The number of amides is 1. The summed E-state index contributed by atoms with van der Waals surface area (Å²) in [6, 6.07) is 25.0. The maximum atomic E-state index is 12.6. The van der Waals surface area contributed by atoms with Gasteiger partial charge in [-0.3, -0.25) is 9.69 Å². The predicted molar refractivity (Wildman–Crippen MR) is 119 cm³/mol. The quantitative estimate of drug-likeness (QED) is 0.516. The number of benzene rings is 3. The zero-order chi connectivity index (χ0) is 20.1. The van der Waals surface area contributed by atoms with Gasteiger partial charge in [0.1, 0.15) is 0 Å². The summed E-state index contributed by atoms with van der Waals surface area (Å²) in [7, 11) is 0. The summed E-state index contributed by atoms with van der Waals surface area (Å²) in [6.07, 6.45) is 1.76. The molecule has 1 saturated heterocycles. The summed E-state index contributed by atoms with van der Waals surface area (Å²) >= 11 is 0. The first-order valence-electron chi connectivity index (χ1n) is 10.3. The summed E-state index contributed by atoms with van der Waals surface area (Å²) in [4.78, 5) is 15.0. The molecule has 1 heterocycles. The lowest BCUT2D eigenvalue weighted by atomic mass is 9.96. The Morgan fingerprint density at radius 1 is 0.966 bits per heavy atom. The molecule has 29 heavy (non-hydrogen) atoms. The van der Waals surface area contributed by atoms with Crippen molar-refractivity contribution >= 4 is 22.4 Å². The Kier molecular flexibility index (Phi) is 6.01. The fourth-order valence-corrected chi connectivity index (χ4v) is 3.90. The van der Waals surface area contributed by atoms with Gasteiger partial charge in [-0.15, -0.1) is 0 Å². The van der Waals surface area contributed by atoms with Crippen molar-refractivity contribution < 1.29 is 4.79 Å². The third-order valence-corrected chi connectivity index (χ3v) is 5.71. The number of hydrogen-bond acceptors (Lipinski definition) is 3. The minimum absolute atomic E-state index is 0.0319. The first kappa shape index (κ1) is 19.3. The molecule has 4 rings (SSSR count). The monoisotopic (exact) mass is 385 g/mol. The lowest BCUT2D eigenvalue weighted by molar-refractivity contribution is -0.126. The van der Waals surface area contributed by atoms with Crippen LogP contribution in [0.15, 0.2) is 77.9 Å². The number of carbonyl (C=O) groups is 1. The van der Waals surface area contributed by atoms with Crippen LogP contribution in [0.5, 0.6) is 0 Å². The van der Waals surface area contributed by atoms with Gasteiger partial charge in [0, 0.05) is 12.5 Å². The second-order valence-corrected chi connectivity index (χ2v) is 7.77. The Balaban J connectivity index is 1.31. The maximum absolute atomic E-state index is 12.6. The van der Waals surface area contributed by atoms with Crippen LogP contribution in [-0.4, -0.2) is 29.6 Å². The van der Waals surface area contributed by atoms with E-state index < -0.39 is 0 Å². The molecule has 148 valence electrons. The van der Waals surface area contributed by atoms with E-state index in [1.165, 1.54) is 16.3 Å². The van der Waals surface area contributed by atoms with E-state index in [4.69, 9.17) is 0 Å². The van der Waals surface area contributed by atoms with Gasteiger partial charge in [-0.05, 0) is 60.8 Å². The molecule has 1 aliphatic heterocycles. The van der Waals surface area contributed by atoms with Crippen molar-refractivity contribution in [2.24, 2.45) is 11.0 Å². The van der Waals surface area contributed by atoms with E-state index in [0.717, 1.165) is 43.8 Å². The van der Waals surface area contributed by atoms with Gasteiger partial charge in [0.05, 0.1) is 5.71 Å². The molecule has 0 aromatic heterocycles. The van der Waals surface area contributed by atoms with Gasteiger partial charge in [0.25, 0.3) is 0 Å². The van der Waals surface area contributed by atoms with Gasteiger partial charge in [-0.2, -0.15) is 5.10 Å². The fraction of sp³-hybridized carbons (Fsp3) is 0.280. The minimum Gasteiger partial charge on any atom is -0.299 e. The molecule has 0 unspecified atom stereocenters. The summed E-state index contributed by atoms with van der Waals surface area (Å²) in [5.41, 5.74) is 5.97. The van der Waals surface area contributed by atoms with Gasteiger partial charge in [-0.1, -0.05) is 66.7 Å². The number of nitrogens with one attached hydrogen (secondary N) is 1. The second-order valence-electron chi connectivity index (χ2n) is 7.77. The van der Waals surface area contributed by atoms with Gasteiger partial charge in [-0.25, -0.2) is 5.43 Å². The minimum atomic E-state index is 0.0319. The molecule has 0 atom stereocenters. The van der Waals surface area contributed by atoms with Crippen molar-refractivity contribution in [2.75, 3.05) is 13.1 Å². The lowest BCUT2D eigenvalue weighted by Crippen LogP contribution is -2.39. The highest BCUT2D eigenvalue weighted by Gasteiger charge is 2.24. The molecule has 0 bridgehead atoms. The Bertz CT molecular complexity index is 1000.